The third kappa shape index (κ3) is 5.17. The number of aliphatic hydroxyl groups is 1. The number of nitrogens with one attached hydrogen (secondary N) is 1. The van der Waals surface area contributed by atoms with E-state index in [1.54, 1.807) is 16.9 Å². The SMILES string of the molecule is Cl.O=C(N[C@H]1COCC[C@@H]1O)c1cc(Cc2ccc(-n3cccn3)cc2)c(Cl)cn1. The Labute approximate surface area is 185 Å². The molecule has 30 heavy (non-hydrogen) atoms. The highest BCUT2D eigenvalue weighted by molar-refractivity contribution is 6.31. The number of aromatic nitrogens is 3. The first kappa shape index (κ1) is 22.2. The molecule has 9 heteroatoms. The third-order valence-corrected chi connectivity index (χ3v) is 5.24. The highest BCUT2D eigenvalue weighted by atomic mass is 35.5. The van der Waals surface area contributed by atoms with Crippen LogP contribution in [0, 0.1) is 0 Å². The molecule has 3 heterocycles. The number of hydrogen-bond acceptors (Lipinski definition) is 5. The quantitative estimate of drug-likeness (QED) is 0.626. The van der Waals surface area contributed by atoms with Gasteiger partial charge in [-0.05, 0) is 48.2 Å². The average Bonchev–Trinajstić information content (AvgIpc) is 3.27. The number of aliphatic hydroxyl groups excluding tert-OH is 1. The molecule has 1 amide bonds. The lowest BCUT2D eigenvalue weighted by atomic mass is 10.0. The molecular weight excluding hydrogens is 427 g/mol. The van der Waals surface area contributed by atoms with Gasteiger partial charge >= 0.3 is 0 Å². The Balaban J connectivity index is 0.00000256. The molecule has 4 rings (SSSR count). The van der Waals surface area contributed by atoms with E-state index in [2.05, 4.69) is 15.4 Å². The molecule has 3 aromatic rings. The van der Waals surface area contributed by atoms with Crippen molar-refractivity contribution in [2.45, 2.75) is 25.0 Å². The van der Waals surface area contributed by atoms with Crippen molar-refractivity contribution in [3.05, 3.63) is 76.8 Å². The van der Waals surface area contributed by atoms with Gasteiger partial charge in [-0.15, -0.1) is 12.4 Å². The van der Waals surface area contributed by atoms with E-state index in [0.29, 0.717) is 24.5 Å². The van der Waals surface area contributed by atoms with Gasteiger partial charge in [0.05, 0.1) is 29.5 Å². The molecule has 0 aliphatic carbocycles. The van der Waals surface area contributed by atoms with Crippen LogP contribution in [0.2, 0.25) is 5.02 Å². The maximum Gasteiger partial charge on any atom is 0.270 e. The Hall–Kier alpha value is -2.45. The molecule has 0 unspecified atom stereocenters. The van der Waals surface area contributed by atoms with Crippen LogP contribution < -0.4 is 5.32 Å². The predicted octanol–water partition coefficient (Wildman–Crippen LogP) is 2.81. The van der Waals surface area contributed by atoms with E-state index in [1.165, 1.54) is 6.20 Å². The Kier molecular flexibility index (Phi) is 7.44. The summed E-state index contributed by atoms with van der Waals surface area (Å²) in [7, 11) is 0. The lowest BCUT2D eigenvalue weighted by Crippen LogP contribution is -2.49. The van der Waals surface area contributed by atoms with Gasteiger partial charge in [0.1, 0.15) is 5.69 Å². The van der Waals surface area contributed by atoms with Crippen LogP contribution in [0.25, 0.3) is 5.69 Å². The first-order valence-corrected chi connectivity index (χ1v) is 9.78. The van der Waals surface area contributed by atoms with Gasteiger partial charge in [-0.1, -0.05) is 23.7 Å². The number of nitrogens with zero attached hydrogens (tertiary/aromatic N) is 3. The van der Waals surface area contributed by atoms with Gasteiger partial charge in [0.2, 0.25) is 0 Å². The summed E-state index contributed by atoms with van der Waals surface area (Å²) in [5.74, 6) is -0.355. The van der Waals surface area contributed by atoms with Crippen LogP contribution in [-0.4, -0.2) is 51.1 Å². The first-order valence-electron chi connectivity index (χ1n) is 9.40. The topological polar surface area (TPSA) is 89.3 Å². The van der Waals surface area contributed by atoms with E-state index in [-0.39, 0.29) is 30.6 Å². The van der Waals surface area contributed by atoms with Gasteiger partial charge in [-0.25, -0.2) is 9.67 Å². The van der Waals surface area contributed by atoms with E-state index in [0.717, 1.165) is 16.8 Å². The number of ether oxygens (including phenoxy) is 1. The Bertz CT molecular complexity index is 980. The standard InChI is InChI=1S/C21H21ClN4O3.ClH/c22-17-12-23-18(21(28)25-19-13-29-9-6-20(19)27)11-15(17)10-14-2-4-16(5-3-14)26-8-1-7-24-26;/h1-5,7-8,11-12,19-20,27H,6,9-10,13H2,(H,25,28);1H/t19-,20-;/m0./s1. The molecule has 7 nitrogen and oxygen atoms in total. The predicted molar refractivity (Wildman–Crippen MR) is 116 cm³/mol. The Morgan fingerprint density at radius 2 is 2.13 bits per heavy atom. The molecule has 2 aromatic heterocycles. The third-order valence-electron chi connectivity index (χ3n) is 4.90. The van der Waals surface area contributed by atoms with Crippen molar-refractivity contribution in [3.8, 4) is 5.69 Å². The van der Waals surface area contributed by atoms with Crippen LogP contribution in [0.4, 0.5) is 0 Å². The lowest BCUT2D eigenvalue weighted by molar-refractivity contribution is -0.0140. The molecule has 158 valence electrons. The largest absolute Gasteiger partial charge is 0.391 e. The van der Waals surface area contributed by atoms with Crippen molar-refractivity contribution < 1.29 is 14.6 Å². The van der Waals surface area contributed by atoms with Gasteiger partial charge in [0.25, 0.3) is 5.91 Å². The van der Waals surface area contributed by atoms with Gasteiger partial charge < -0.3 is 15.2 Å². The number of halogens is 2. The number of benzene rings is 1. The van der Waals surface area contributed by atoms with Crippen molar-refractivity contribution in [1.29, 1.82) is 0 Å². The molecule has 1 aliphatic heterocycles. The minimum atomic E-state index is -0.618. The second-order valence-electron chi connectivity index (χ2n) is 6.97. The summed E-state index contributed by atoms with van der Waals surface area (Å²) in [6, 6.07) is 11.1. The molecule has 1 aliphatic rings. The molecule has 0 saturated carbocycles. The van der Waals surface area contributed by atoms with Crippen LogP contribution >= 0.6 is 24.0 Å². The highest BCUT2D eigenvalue weighted by Crippen LogP contribution is 2.21. The molecule has 1 saturated heterocycles. The average molecular weight is 449 g/mol. The van der Waals surface area contributed by atoms with E-state index < -0.39 is 12.1 Å². The zero-order valence-electron chi connectivity index (χ0n) is 16.1. The molecule has 1 fully saturated rings. The zero-order chi connectivity index (χ0) is 20.2. The van der Waals surface area contributed by atoms with Crippen LogP contribution in [-0.2, 0) is 11.2 Å². The minimum Gasteiger partial charge on any atom is -0.391 e. The van der Waals surface area contributed by atoms with Gasteiger partial charge in [-0.2, -0.15) is 5.10 Å². The molecule has 0 bridgehead atoms. The number of pyridine rings is 1. The number of hydrogen-bond donors (Lipinski definition) is 2. The molecule has 0 spiro atoms. The second kappa shape index (κ2) is 10.0. The van der Waals surface area contributed by atoms with E-state index in [9.17, 15) is 9.90 Å². The fraction of sp³-hybridized carbons (Fsp3) is 0.286. The number of carbonyl (C=O) groups is 1. The number of amides is 1. The van der Waals surface area contributed by atoms with Crippen LogP contribution in [0.15, 0.2) is 55.0 Å². The molecule has 0 radical (unpaired) electrons. The number of carbonyl (C=O) groups excluding carboxylic acids is 1. The summed E-state index contributed by atoms with van der Waals surface area (Å²) in [4.78, 5) is 16.7. The molecular formula is C21H22Cl2N4O3. The fourth-order valence-corrected chi connectivity index (χ4v) is 3.43. The second-order valence-corrected chi connectivity index (χ2v) is 7.37. The van der Waals surface area contributed by atoms with Gasteiger partial charge in [0, 0.05) is 25.2 Å². The minimum absolute atomic E-state index is 0. The molecule has 2 N–H and O–H groups in total. The maximum atomic E-state index is 12.6. The van der Waals surface area contributed by atoms with Crippen molar-refractivity contribution in [3.63, 3.8) is 0 Å². The molecule has 2 atom stereocenters. The fourth-order valence-electron chi connectivity index (χ4n) is 3.25. The summed E-state index contributed by atoms with van der Waals surface area (Å²) < 4.78 is 7.11. The van der Waals surface area contributed by atoms with Gasteiger partial charge in [-0.3, -0.25) is 4.79 Å². The van der Waals surface area contributed by atoms with Crippen LogP contribution in [0.1, 0.15) is 28.0 Å². The van der Waals surface area contributed by atoms with E-state index in [1.807, 2.05) is 36.5 Å². The van der Waals surface area contributed by atoms with Gasteiger partial charge in [0.15, 0.2) is 0 Å². The summed E-state index contributed by atoms with van der Waals surface area (Å²) in [6.07, 6.45) is 5.55. The highest BCUT2D eigenvalue weighted by Gasteiger charge is 2.26. The first-order chi connectivity index (χ1) is 14.1. The summed E-state index contributed by atoms with van der Waals surface area (Å²) in [6.45, 7) is 0.784. The zero-order valence-corrected chi connectivity index (χ0v) is 17.6. The maximum absolute atomic E-state index is 12.6. The number of rotatable bonds is 5. The monoisotopic (exact) mass is 448 g/mol. The van der Waals surface area contributed by atoms with E-state index in [4.69, 9.17) is 16.3 Å². The summed E-state index contributed by atoms with van der Waals surface area (Å²) >= 11 is 6.31. The normalized spacial score (nSPS) is 18.5. The van der Waals surface area contributed by atoms with Crippen LogP contribution in [0.3, 0.4) is 0 Å². The van der Waals surface area contributed by atoms with Crippen molar-refractivity contribution >= 4 is 29.9 Å². The summed E-state index contributed by atoms with van der Waals surface area (Å²) in [5.41, 5.74) is 3.08. The Morgan fingerprint density at radius 1 is 1.33 bits per heavy atom. The van der Waals surface area contributed by atoms with Crippen LogP contribution in [0.5, 0.6) is 0 Å². The molecule has 1 aromatic carbocycles. The van der Waals surface area contributed by atoms with Crippen molar-refractivity contribution in [2.75, 3.05) is 13.2 Å². The summed E-state index contributed by atoms with van der Waals surface area (Å²) in [5, 5.41) is 17.5. The smallest absolute Gasteiger partial charge is 0.270 e. The van der Waals surface area contributed by atoms with E-state index >= 15 is 0 Å². The Morgan fingerprint density at radius 3 is 2.83 bits per heavy atom. The van der Waals surface area contributed by atoms with Crippen molar-refractivity contribution in [2.24, 2.45) is 0 Å². The van der Waals surface area contributed by atoms with Crippen molar-refractivity contribution in [1.82, 2.24) is 20.1 Å². The lowest BCUT2D eigenvalue weighted by Gasteiger charge is -2.28.